The molecule has 0 heterocycles. The number of rotatable bonds is 5. The molecule has 0 spiro atoms. The SMILES string of the molecule is O=C(Cl)C(O)C(O)C(O)C(O)C(=O)Cl. The predicted molar refractivity (Wildman–Crippen MR) is 45.7 cm³/mol. The van der Waals surface area contributed by atoms with Crippen molar-refractivity contribution >= 4 is 33.7 Å². The number of hydrogen-bond donors (Lipinski definition) is 4. The van der Waals surface area contributed by atoms with Crippen LogP contribution in [0, 0.1) is 0 Å². The third-order valence-electron chi connectivity index (χ3n) is 1.46. The summed E-state index contributed by atoms with van der Waals surface area (Å²) in [7, 11) is 0. The van der Waals surface area contributed by atoms with Crippen molar-refractivity contribution in [1.82, 2.24) is 0 Å². The monoisotopic (exact) mass is 246 g/mol. The Balaban J connectivity index is 4.45. The lowest BCUT2D eigenvalue weighted by atomic mass is 10.0. The molecule has 0 amide bonds. The number of hydrogen-bond acceptors (Lipinski definition) is 6. The lowest BCUT2D eigenvalue weighted by Gasteiger charge is -2.22. The van der Waals surface area contributed by atoms with E-state index in [1.165, 1.54) is 0 Å². The van der Waals surface area contributed by atoms with Gasteiger partial charge in [-0.05, 0) is 23.2 Å². The number of halogens is 2. The van der Waals surface area contributed by atoms with E-state index in [-0.39, 0.29) is 0 Å². The van der Waals surface area contributed by atoms with Crippen molar-refractivity contribution in [2.75, 3.05) is 0 Å². The molecule has 0 aliphatic carbocycles. The van der Waals surface area contributed by atoms with Gasteiger partial charge < -0.3 is 20.4 Å². The van der Waals surface area contributed by atoms with Crippen molar-refractivity contribution in [3.63, 3.8) is 0 Å². The van der Waals surface area contributed by atoms with E-state index in [4.69, 9.17) is 43.6 Å². The Morgan fingerprint density at radius 2 is 1.00 bits per heavy atom. The molecule has 0 aromatic rings. The van der Waals surface area contributed by atoms with Crippen LogP contribution in [0.5, 0.6) is 0 Å². The van der Waals surface area contributed by atoms with Crippen molar-refractivity contribution < 1.29 is 30.0 Å². The van der Waals surface area contributed by atoms with Gasteiger partial charge in [-0.3, -0.25) is 9.59 Å². The van der Waals surface area contributed by atoms with Crippen LogP contribution in [0.2, 0.25) is 0 Å². The lowest BCUT2D eigenvalue weighted by molar-refractivity contribution is -0.145. The predicted octanol–water partition coefficient (Wildman–Crippen LogP) is -2.04. The highest BCUT2D eigenvalue weighted by molar-refractivity contribution is 6.65. The maximum Gasteiger partial charge on any atom is 0.253 e. The smallest absolute Gasteiger partial charge is 0.253 e. The molecule has 0 saturated heterocycles. The third-order valence-corrected chi connectivity index (χ3v) is 1.91. The van der Waals surface area contributed by atoms with Crippen LogP contribution in [0.4, 0.5) is 0 Å². The van der Waals surface area contributed by atoms with Crippen LogP contribution in [-0.2, 0) is 9.59 Å². The van der Waals surface area contributed by atoms with Gasteiger partial charge in [0.25, 0.3) is 10.5 Å². The molecule has 8 heteroatoms. The van der Waals surface area contributed by atoms with Crippen molar-refractivity contribution in [3.8, 4) is 0 Å². The lowest BCUT2D eigenvalue weighted by Crippen LogP contribution is -2.48. The number of aliphatic hydroxyl groups is 4. The van der Waals surface area contributed by atoms with Gasteiger partial charge in [0.2, 0.25) is 0 Å². The van der Waals surface area contributed by atoms with E-state index in [0.29, 0.717) is 0 Å². The van der Waals surface area contributed by atoms with Crippen molar-refractivity contribution in [2.24, 2.45) is 0 Å². The molecule has 0 bridgehead atoms. The van der Waals surface area contributed by atoms with E-state index in [1.54, 1.807) is 0 Å². The fourth-order valence-electron chi connectivity index (χ4n) is 0.642. The summed E-state index contributed by atoms with van der Waals surface area (Å²) in [5.74, 6) is 0. The van der Waals surface area contributed by atoms with E-state index in [2.05, 4.69) is 0 Å². The minimum atomic E-state index is -2.10. The maximum absolute atomic E-state index is 10.3. The summed E-state index contributed by atoms with van der Waals surface area (Å²) in [4.78, 5) is 20.7. The van der Waals surface area contributed by atoms with E-state index >= 15 is 0 Å². The van der Waals surface area contributed by atoms with Crippen molar-refractivity contribution in [3.05, 3.63) is 0 Å². The summed E-state index contributed by atoms with van der Waals surface area (Å²) < 4.78 is 0. The first-order valence-electron chi connectivity index (χ1n) is 3.40. The molecule has 82 valence electrons. The zero-order valence-corrected chi connectivity index (χ0v) is 8.18. The Hall–Kier alpha value is -0.240. The Bertz CT molecular complexity index is 208. The molecular weight excluding hydrogens is 239 g/mol. The van der Waals surface area contributed by atoms with E-state index < -0.39 is 34.9 Å². The Morgan fingerprint density at radius 3 is 1.14 bits per heavy atom. The topological polar surface area (TPSA) is 115 Å². The molecule has 0 aliphatic rings. The Kier molecular flexibility index (Phi) is 5.50. The number of aliphatic hydroxyl groups excluding tert-OH is 4. The number of carbonyl (C=O) groups is 2. The van der Waals surface area contributed by atoms with E-state index in [1.807, 2.05) is 0 Å². The van der Waals surface area contributed by atoms with Crippen LogP contribution in [0.25, 0.3) is 0 Å². The summed E-state index contributed by atoms with van der Waals surface area (Å²) in [6, 6.07) is 0. The van der Waals surface area contributed by atoms with Crippen molar-refractivity contribution in [2.45, 2.75) is 24.4 Å². The Morgan fingerprint density at radius 1 is 0.786 bits per heavy atom. The summed E-state index contributed by atoms with van der Waals surface area (Å²) >= 11 is 9.58. The van der Waals surface area contributed by atoms with Gasteiger partial charge in [0, 0.05) is 0 Å². The van der Waals surface area contributed by atoms with Crippen LogP contribution >= 0.6 is 23.2 Å². The van der Waals surface area contributed by atoms with Crippen LogP contribution in [0.3, 0.4) is 0 Å². The average molecular weight is 247 g/mol. The average Bonchev–Trinajstić information content (AvgIpc) is 2.12. The standard InChI is InChI=1S/C6H8Cl2O6/c7-5(13)3(11)1(9)2(10)4(12)6(8)14/h1-4,9-12H. The summed E-state index contributed by atoms with van der Waals surface area (Å²) in [6.07, 6.45) is -8.37. The molecular formula is C6H8Cl2O6. The largest absolute Gasteiger partial charge is 0.387 e. The second kappa shape index (κ2) is 5.59. The molecule has 0 rings (SSSR count). The molecule has 4 unspecified atom stereocenters. The van der Waals surface area contributed by atoms with Crippen LogP contribution < -0.4 is 0 Å². The molecule has 0 saturated carbocycles. The molecule has 0 fully saturated rings. The molecule has 4 atom stereocenters. The first kappa shape index (κ1) is 13.8. The van der Waals surface area contributed by atoms with Crippen LogP contribution in [0.1, 0.15) is 0 Å². The van der Waals surface area contributed by atoms with Gasteiger partial charge in [-0.1, -0.05) is 0 Å². The highest BCUT2D eigenvalue weighted by Crippen LogP contribution is 2.09. The first-order valence-corrected chi connectivity index (χ1v) is 4.15. The zero-order chi connectivity index (χ0) is 11.5. The van der Waals surface area contributed by atoms with E-state index in [9.17, 15) is 9.59 Å². The van der Waals surface area contributed by atoms with Crippen LogP contribution in [0.15, 0.2) is 0 Å². The molecule has 0 aliphatic heterocycles. The highest BCUT2D eigenvalue weighted by atomic mass is 35.5. The fourth-order valence-corrected chi connectivity index (χ4v) is 0.900. The molecule has 0 aromatic heterocycles. The summed E-state index contributed by atoms with van der Waals surface area (Å²) in [5.41, 5.74) is 0. The van der Waals surface area contributed by atoms with Gasteiger partial charge in [0.05, 0.1) is 0 Å². The molecule has 0 radical (unpaired) electrons. The van der Waals surface area contributed by atoms with Gasteiger partial charge in [-0.2, -0.15) is 0 Å². The second-order valence-electron chi connectivity index (χ2n) is 2.48. The molecule has 14 heavy (non-hydrogen) atoms. The molecule has 6 nitrogen and oxygen atoms in total. The van der Waals surface area contributed by atoms with Gasteiger partial charge in [0.1, 0.15) is 12.2 Å². The first-order chi connectivity index (χ1) is 6.29. The van der Waals surface area contributed by atoms with Gasteiger partial charge in [-0.15, -0.1) is 0 Å². The van der Waals surface area contributed by atoms with Crippen LogP contribution in [-0.4, -0.2) is 55.3 Å². The highest BCUT2D eigenvalue weighted by Gasteiger charge is 2.36. The summed E-state index contributed by atoms with van der Waals surface area (Å²) in [6.45, 7) is 0. The summed E-state index contributed by atoms with van der Waals surface area (Å²) in [5, 5.41) is 33.0. The molecule has 4 N–H and O–H groups in total. The minimum Gasteiger partial charge on any atom is -0.387 e. The second-order valence-corrected chi connectivity index (χ2v) is 3.22. The fraction of sp³-hybridized carbons (Fsp3) is 0.667. The van der Waals surface area contributed by atoms with Crippen molar-refractivity contribution in [1.29, 1.82) is 0 Å². The maximum atomic E-state index is 10.3. The third kappa shape index (κ3) is 3.49. The normalized spacial score (nSPS) is 19.6. The van der Waals surface area contributed by atoms with E-state index in [0.717, 1.165) is 0 Å². The van der Waals surface area contributed by atoms with Gasteiger partial charge >= 0.3 is 0 Å². The minimum absolute atomic E-state index is 1.33. The van der Waals surface area contributed by atoms with Gasteiger partial charge in [-0.25, -0.2) is 0 Å². The number of carbonyl (C=O) groups excluding carboxylic acids is 2. The quantitative estimate of drug-likeness (QED) is 0.416. The molecule has 0 aromatic carbocycles. The Labute approximate surface area is 88.7 Å². The van der Waals surface area contributed by atoms with Gasteiger partial charge in [0.15, 0.2) is 12.2 Å². The zero-order valence-electron chi connectivity index (χ0n) is 6.67.